The van der Waals surface area contributed by atoms with Gasteiger partial charge >= 0.3 is 0 Å². The monoisotopic (exact) mass is 730 g/mol. The van der Waals surface area contributed by atoms with Gasteiger partial charge in [0.15, 0.2) is 0 Å². The molecule has 55 heavy (non-hydrogen) atoms. The van der Waals surface area contributed by atoms with Crippen molar-refractivity contribution >= 4 is 5.91 Å². The lowest BCUT2D eigenvalue weighted by atomic mass is 10.2. The molecule has 6 aromatic rings. The molecule has 1 amide bonds. The van der Waals surface area contributed by atoms with Gasteiger partial charge in [0, 0.05) is 30.2 Å². The van der Waals surface area contributed by atoms with Gasteiger partial charge in [-0.05, 0) is 85.6 Å². The van der Waals surface area contributed by atoms with Gasteiger partial charge in [0.1, 0.15) is 36.2 Å². The van der Waals surface area contributed by atoms with Gasteiger partial charge in [0.05, 0.1) is 24.5 Å². The van der Waals surface area contributed by atoms with Crippen LogP contribution >= 0.6 is 0 Å². The molecule has 0 bridgehead atoms. The predicted molar refractivity (Wildman–Crippen MR) is 214 cm³/mol. The van der Waals surface area contributed by atoms with Gasteiger partial charge < -0.3 is 30.0 Å². The first kappa shape index (κ1) is 39.1. The van der Waals surface area contributed by atoms with Gasteiger partial charge in [-0.15, -0.1) is 0 Å². The lowest BCUT2D eigenvalue weighted by Gasteiger charge is -2.08. The standard InChI is InChI=1S/C24H22N2O3.C22H20N2O2/c1-18(26-19(2)27)8-9-20-10-12-22(13-11-20)29-23-14-15-24(25-16-23)28-17-21-6-4-3-5-7-21;1-17(23)7-8-18-9-11-20(12-10-18)26-21-13-14-22(24-15-21)25-16-19-5-3-2-4-6-19/h3-7,10-16,18H,17H2,1-2H3,(H,26,27);2-6,9-15,17H,16,23H2,1H3. The van der Waals surface area contributed by atoms with Gasteiger partial charge in [0.25, 0.3) is 0 Å². The van der Waals surface area contributed by atoms with Crippen LogP contribution in [0.25, 0.3) is 0 Å². The van der Waals surface area contributed by atoms with Crippen LogP contribution in [0.2, 0.25) is 0 Å². The summed E-state index contributed by atoms with van der Waals surface area (Å²) >= 11 is 0. The quantitative estimate of drug-likeness (QED) is 0.128. The van der Waals surface area contributed by atoms with Gasteiger partial charge in [-0.1, -0.05) is 84.3 Å². The number of nitrogens with zero attached hydrogens (tertiary/aromatic N) is 2. The highest BCUT2D eigenvalue weighted by Crippen LogP contribution is 2.24. The third-order valence-corrected chi connectivity index (χ3v) is 7.35. The zero-order valence-electron chi connectivity index (χ0n) is 30.9. The molecule has 2 aromatic heterocycles. The first-order valence-electron chi connectivity index (χ1n) is 17.6. The summed E-state index contributed by atoms with van der Waals surface area (Å²) in [5.74, 6) is 15.6. The fourth-order valence-electron chi connectivity index (χ4n) is 4.70. The van der Waals surface area contributed by atoms with Crippen LogP contribution in [-0.4, -0.2) is 28.0 Å². The lowest BCUT2D eigenvalue weighted by molar-refractivity contribution is -0.119. The minimum Gasteiger partial charge on any atom is -0.473 e. The highest BCUT2D eigenvalue weighted by atomic mass is 16.5. The lowest BCUT2D eigenvalue weighted by Crippen LogP contribution is -2.28. The molecule has 0 fully saturated rings. The number of benzene rings is 4. The minimum atomic E-state index is -0.197. The smallest absolute Gasteiger partial charge is 0.217 e. The molecule has 0 radical (unpaired) electrons. The van der Waals surface area contributed by atoms with Crippen molar-refractivity contribution in [3.8, 4) is 58.4 Å². The van der Waals surface area contributed by atoms with Crippen LogP contribution in [0.5, 0.6) is 34.8 Å². The topological polar surface area (TPSA) is 118 Å². The summed E-state index contributed by atoms with van der Waals surface area (Å²) in [5, 5.41) is 2.73. The van der Waals surface area contributed by atoms with E-state index in [-0.39, 0.29) is 18.0 Å². The number of rotatable bonds is 11. The number of aromatic nitrogens is 2. The Morgan fingerprint density at radius 1 is 0.600 bits per heavy atom. The summed E-state index contributed by atoms with van der Waals surface area (Å²) < 4.78 is 22.9. The second-order valence-corrected chi connectivity index (χ2v) is 12.2. The van der Waals surface area contributed by atoms with Crippen molar-refractivity contribution < 1.29 is 23.7 Å². The SMILES string of the molecule is CC(=O)NC(C)C#Cc1ccc(Oc2ccc(OCc3ccccc3)nc2)cc1.CC(N)C#Cc1ccc(Oc2ccc(OCc3ccccc3)nc2)cc1. The fourth-order valence-corrected chi connectivity index (χ4v) is 4.70. The molecule has 0 saturated carbocycles. The Morgan fingerprint density at radius 3 is 1.40 bits per heavy atom. The molecule has 0 aliphatic rings. The van der Waals surface area contributed by atoms with Gasteiger partial charge in [0.2, 0.25) is 17.7 Å². The van der Waals surface area contributed by atoms with Crippen LogP contribution in [0.15, 0.2) is 146 Å². The van der Waals surface area contributed by atoms with Gasteiger partial charge in [-0.3, -0.25) is 4.79 Å². The van der Waals surface area contributed by atoms with Crippen molar-refractivity contribution in [2.24, 2.45) is 5.73 Å². The Morgan fingerprint density at radius 2 is 1.02 bits per heavy atom. The van der Waals surface area contributed by atoms with Gasteiger partial charge in [-0.25, -0.2) is 9.97 Å². The number of ether oxygens (including phenoxy) is 4. The third-order valence-electron chi connectivity index (χ3n) is 7.35. The second-order valence-electron chi connectivity index (χ2n) is 12.2. The number of nitrogens with one attached hydrogen (secondary N) is 1. The molecule has 0 saturated heterocycles. The first-order valence-corrected chi connectivity index (χ1v) is 17.6. The predicted octanol–water partition coefficient (Wildman–Crippen LogP) is 8.48. The van der Waals surface area contributed by atoms with E-state index in [1.54, 1.807) is 24.5 Å². The molecule has 0 aliphatic heterocycles. The molecule has 9 heteroatoms. The molecule has 6 rings (SSSR count). The summed E-state index contributed by atoms with van der Waals surface area (Å²) in [4.78, 5) is 19.5. The van der Waals surface area contributed by atoms with E-state index in [1.165, 1.54) is 6.92 Å². The van der Waals surface area contributed by atoms with Crippen molar-refractivity contribution in [3.05, 3.63) is 168 Å². The average molecular weight is 731 g/mol. The van der Waals surface area contributed by atoms with Crippen molar-refractivity contribution in [2.45, 2.75) is 46.1 Å². The number of hydrogen-bond acceptors (Lipinski definition) is 8. The van der Waals surface area contributed by atoms with E-state index in [9.17, 15) is 4.79 Å². The summed E-state index contributed by atoms with van der Waals surface area (Å²) in [6.07, 6.45) is 3.27. The summed E-state index contributed by atoms with van der Waals surface area (Å²) in [6, 6.07) is 41.7. The molecule has 2 heterocycles. The Kier molecular flexibility index (Phi) is 14.8. The number of amides is 1. The Balaban J connectivity index is 0.000000212. The zero-order chi connectivity index (χ0) is 38.7. The molecular weight excluding hydrogens is 689 g/mol. The Labute approximate surface area is 322 Å². The van der Waals surface area contributed by atoms with E-state index >= 15 is 0 Å². The van der Waals surface area contributed by atoms with Gasteiger partial charge in [-0.2, -0.15) is 0 Å². The molecule has 0 aliphatic carbocycles. The largest absolute Gasteiger partial charge is 0.473 e. The van der Waals surface area contributed by atoms with Crippen molar-refractivity contribution in [1.82, 2.24) is 15.3 Å². The van der Waals surface area contributed by atoms with E-state index in [2.05, 4.69) is 39.0 Å². The number of carbonyl (C=O) groups excluding carboxylic acids is 1. The summed E-state index contributed by atoms with van der Waals surface area (Å²) in [7, 11) is 0. The Bertz CT molecular complexity index is 2190. The van der Waals surface area contributed by atoms with E-state index in [4.69, 9.17) is 24.7 Å². The first-order chi connectivity index (χ1) is 26.8. The average Bonchev–Trinajstić information content (AvgIpc) is 3.20. The molecule has 0 spiro atoms. The fraction of sp³-hybridized carbons (Fsp3) is 0.152. The summed E-state index contributed by atoms with van der Waals surface area (Å²) in [6.45, 7) is 6.12. The third kappa shape index (κ3) is 14.5. The maximum atomic E-state index is 11.0. The van der Waals surface area contributed by atoms with Crippen LogP contribution in [0.3, 0.4) is 0 Å². The van der Waals surface area contributed by atoms with Crippen molar-refractivity contribution in [2.75, 3.05) is 0 Å². The molecule has 3 N–H and O–H groups in total. The highest BCUT2D eigenvalue weighted by molar-refractivity contribution is 5.73. The van der Waals surface area contributed by atoms with E-state index in [1.807, 2.05) is 135 Å². The van der Waals surface area contributed by atoms with Crippen molar-refractivity contribution in [1.29, 1.82) is 0 Å². The molecule has 2 atom stereocenters. The number of hydrogen-bond donors (Lipinski definition) is 2. The summed E-state index contributed by atoms with van der Waals surface area (Å²) in [5.41, 5.74) is 9.55. The van der Waals surface area contributed by atoms with E-state index < -0.39 is 0 Å². The minimum absolute atomic E-state index is 0.0966. The van der Waals surface area contributed by atoms with Crippen LogP contribution in [0, 0.1) is 23.7 Å². The molecular formula is C46H42N4O5. The highest BCUT2D eigenvalue weighted by Gasteiger charge is 2.03. The van der Waals surface area contributed by atoms with E-state index in [0.717, 1.165) is 28.0 Å². The maximum absolute atomic E-state index is 11.0. The van der Waals surface area contributed by atoms with Crippen LogP contribution in [0.1, 0.15) is 43.0 Å². The molecule has 4 aromatic carbocycles. The zero-order valence-corrected chi connectivity index (χ0v) is 30.9. The molecule has 2 unspecified atom stereocenters. The van der Waals surface area contributed by atoms with Crippen LogP contribution in [-0.2, 0) is 18.0 Å². The van der Waals surface area contributed by atoms with Crippen LogP contribution in [0.4, 0.5) is 0 Å². The Hall–Kier alpha value is -7.07. The number of nitrogens with two attached hydrogens (primary N) is 1. The molecule has 9 nitrogen and oxygen atoms in total. The van der Waals surface area contributed by atoms with Crippen molar-refractivity contribution in [3.63, 3.8) is 0 Å². The molecule has 276 valence electrons. The number of carbonyl (C=O) groups is 1. The van der Waals surface area contributed by atoms with E-state index in [0.29, 0.717) is 42.2 Å². The number of pyridine rings is 2. The maximum Gasteiger partial charge on any atom is 0.217 e. The normalized spacial score (nSPS) is 11.1. The van der Waals surface area contributed by atoms with Crippen LogP contribution < -0.4 is 30.0 Å². The second kappa shape index (κ2) is 20.8.